The highest BCUT2D eigenvalue weighted by atomic mass is 16.3. The second-order valence-corrected chi connectivity index (χ2v) is 10.9. The first-order valence-electron chi connectivity index (χ1n) is 12.2. The Balaban J connectivity index is 1.70. The predicted octanol–water partition coefficient (Wildman–Crippen LogP) is 6.59. The Labute approximate surface area is 179 Å². The second kappa shape index (κ2) is 9.52. The fourth-order valence-electron chi connectivity index (χ4n) is 6.58. The maximum absolute atomic E-state index is 10.3. The first-order valence-corrected chi connectivity index (χ1v) is 12.2. The van der Waals surface area contributed by atoms with Gasteiger partial charge in [-0.3, -0.25) is 0 Å². The second-order valence-electron chi connectivity index (χ2n) is 10.9. The Morgan fingerprint density at radius 3 is 2.59 bits per heavy atom. The average molecular weight is 401 g/mol. The molecule has 6 atom stereocenters. The van der Waals surface area contributed by atoms with E-state index in [1.807, 2.05) is 0 Å². The molecule has 3 aliphatic rings. The van der Waals surface area contributed by atoms with Gasteiger partial charge in [0.25, 0.3) is 0 Å². The molecule has 3 saturated carbocycles. The lowest BCUT2D eigenvalue weighted by Crippen LogP contribution is -2.36. The van der Waals surface area contributed by atoms with Crippen LogP contribution in [-0.2, 0) is 0 Å². The van der Waals surface area contributed by atoms with Gasteiger partial charge in [-0.2, -0.15) is 0 Å². The lowest BCUT2D eigenvalue weighted by Gasteiger charge is -2.44. The smallest absolute Gasteiger partial charge is 0.0583 e. The van der Waals surface area contributed by atoms with Gasteiger partial charge in [0.05, 0.1) is 12.2 Å². The van der Waals surface area contributed by atoms with E-state index < -0.39 is 0 Å². The minimum Gasteiger partial charge on any atom is -0.393 e. The number of rotatable bonds is 6. The van der Waals surface area contributed by atoms with Crippen LogP contribution in [0.5, 0.6) is 0 Å². The Morgan fingerprint density at radius 2 is 1.86 bits per heavy atom. The summed E-state index contributed by atoms with van der Waals surface area (Å²) in [7, 11) is 0. The van der Waals surface area contributed by atoms with Crippen molar-refractivity contribution in [3.05, 3.63) is 35.5 Å². The monoisotopic (exact) mass is 400 g/mol. The molecule has 0 aliphatic heterocycles. The summed E-state index contributed by atoms with van der Waals surface area (Å²) in [5.74, 6) is 2.52. The third kappa shape index (κ3) is 5.07. The number of hydrogen-bond acceptors (Lipinski definition) is 2. The van der Waals surface area contributed by atoms with Gasteiger partial charge in [0.2, 0.25) is 0 Å². The molecule has 29 heavy (non-hydrogen) atoms. The standard InChI is InChI=1S/C27H44O2/c1-18(2)26(29)15-9-20(4)24-13-14-25-21(7-6-16-27(24,25)5)10-11-22-17-23(28)12-8-19(22)3/h10-11,18,20,23-26,28-29H,3,6-9,12-17H2,1-2,4-5H3/b21-10?,22-11-/t20-,23+,24-,25?,26?,27-/m1/s1. The van der Waals surface area contributed by atoms with E-state index >= 15 is 0 Å². The van der Waals surface area contributed by atoms with Crippen LogP contribution in [0.1, 0.15) is 91.9 Å². The Kier molecular flexibility index (Phi) is 7.49. The molecular weight excluding hydrogens is 356 g/mol. The molecule has 2 heteroatoms. The van der Waals surface area contributed by atoms with E-state index in [0.717, 1.165) is 38.0 Å². The van der Waals surface area contributed by atoms with Gasteiger partial charge in [-0.25, -0.2) is 0 Å². The SMILES string of the molecule is C=C1CC[C@H](O)C/C1=C/C=C1CCC[C@@]2(C)C1CC[C@@H]2[C@H](C)CCC(O)C(C)C. The van der Waals surface area contributed by atoms with E-state index in [9.17, 15) is 10.2 Å². The summed E-state index contributed by atoms with van der Waals surface area (Å²) in [5, 5.41) is 20.3. The van der Waals surface area contributed by atoms with Crippen LogP contribution in [0.25, 0.3) is 0 Å². The summed E-state index contributed by atoms with van der Waals surface area (Å²) in [6.45, 7) is 13.4. The van der Waals surface area contributed by atoms with Gasteiger partial charge in [0.1, 0.15) is 0 Å². The fraction of sp³-hybridized carbons (Fsp3) is 0.778. The molecule has 0 spiro atoms. The fourth-order valence-corrected chi connectivity index (χ4v) is 6.58. The van der Waals surface area contributed by atoms with Crippen LogP contribution in [0, 0.1) is 29.1 Å². The van der Waals surface area contributed by atoms with E-state index in [1.54, 1.807) is 5.57 Å². The molecule has 0 bridgehead atoms. The molecule has 3 fully saturated rings. The van der Waals surface area contributed by atoms with E-state index in [4.69, 9.17) is 0 Å². The van der Waals surface area contributed by atoms with Crippen molar-refractivity contribution in [3.63, 3.8) is 0 Å². The molecule has 3 aliphatic carbocycles. The van der Waals surface area contributed by atoms with E-state index in [1.165, 1.54) is 43.3 Å². The van der Waals surface area contributed by atoms with E-state index in [2.05, 4.69) is 46.4 Å². The summed E-state index contributed by atoms with van der Waals surface area (Å²) in [6.07, 6.45) is 15.5. The van der Waals surface area contributed by atoms with Gasteiger partial charge < -0.3 is 10.2 Å². The lowest BCUT2D eigenvalue weighted by atomic mass is 9.60. The van der Waals surface area contributed by atoms with Crippen molar-refractivity contribution in [1.82, 2.24) is 0 Å². The molecule has 164 valence electrons. The third-order valence-electron chi connectivity index (χ3n) is 8.60. The molecular formula is C27H44O2. The van der Waals surface area contributed by atoms with Gasteiger partial charge in [-0.15, -0.1) is 0 Å². The van der Waals surface area contributed by atoms with Crippen LogP contribution < -0.4 is 0 Å². The lowest BCUT2D eigenvalue weighted by molar-refractivity contribution is 0.0717. The molecule has 0 aromatic carbocycles. The highest BCUT2D eigenvalue weighted by molar-refractivity contribution is 5.36. The number of allylic oxidation sites excluding steroid dienone is 4. The molecule has 2 nitrogen and oxygen atoms in total. The minimum atomic E-state index is -0.195. The van der Waals surface area contributed by atoms with Crippen molar-refractivity contribution in [1.29, 1.82) is 0 Å². The zero-order valence-corrected chi connectivity index (χ0v) is 19.3. The summed E-state index contributed by atoms with van der Waals surface area (Å²) < 4.78 is 0. The molecule has 0 aromatic rings. The van der Waals surface area contributed by atoms with Crippen molar-refractivity contribution in [2.45, 2.75) is 104 Å². The number of aliphatic hydroxyl groups excluding tert-OH is 2. The molecule has 2 unspecified atom stereocenters. The first-order chi connectivity index (χ1) is 13.7. The van der Waals surface area contributed by atoms with E-state index in [0.29, 0.717) is 23.2 Å². The van der Waals surface area contributed by atoms with Crippen LogP contribution >= 0.6 is 0 Å². The quantitative estimate of drug-likeness (QED) is 0.528. The summed E-state index contributed by atoms with van der Waals surface area (Å²) in [6, 6.07) is 0. The van der Waals surface area contributed by atoms with Crippen LogP contribution in [0.15, 0.2) is 35.5 Å². The molecule has 0 radical (unpaired) electrons. The zero-order valence-electron chi connectivity index (χ0n) is 19.3. The Hall–Kier alpha value is -0.860. The van der Waals surface area contributed by atoms with Gasteiger partial charge >= 0.3 is 0 Å². The summed E-state index contributed by atoms with van der Waals surface area (Å²) in [4.78, 5) is 0. The largest absolute Gasteiger partial charge is 0.393 e. The van der Waals surface area contributed by atoms with Crippen molar-refractivity contribution in [2.24, 2.45) is 29.1 Å². The van der Waals surface area contributed by atoms with Crippen LogP contribution in [0.2, 0.25) is 0 Å². The maximum atomic E-state index is 10.3. The van der Waals surface area contributed by atoms with Crippen molar-refractivity contribution < 1.29 is 10.2 Å². The zero-order chi connectivity index (χ0) is 21.2. The normalized spacial score (nSPS) is 37.9. The number of hydrogen-bond donors (Lipinski definition) is 2. The molecule has 0 amide bonds. The van der Waals surface area contributed by atoms with Crippen molar-refractivity contribution >= 4 is 0 Å². The Morgan fingerprint density at radius 1 is 1.10 bits per heavy atom. The highest BCUT2D eigenvalue weighted by Gasteiger charge is 2.50. The van der Waals surface area contributed by atoms with Crippen LogP contribution in [0.3, 0.4) is 0 Å². The number of fused-ring (bicyclic) bond motifs is 1. The minimum absolute atomic E-state index is 0.158. The van der Waals surface area contributed by atoms with Crippen molar-refractivity contribution in [2.75, 3.05) is 0 Å². The van der Waals surface area contributed by atoms with Crippen molar-refractivity contribution in [3.8, 4) is 0 Å². The highest BCUT2D eigenvalue weighted by Crippen LogP contribution is 2.59. The predicted molar refractivity (Wildman–Crippen MR) is 123 cm³/mol. The first kappa shape index (κ1) is 22.8. The van der Waals surface area contributed by atoms with Crippen LogP contribution in [0.4, 0.5) is 0 Å². The van der Waals surface area contributed by atoms with E-state index in [-0.39, 0.29) is 12.2 Å². The number of aliphatic hydroxyl groups is 2. The molecule has 2 N–H and O–H groups in total. The van der Waals surface area contributed by atoms with Gasteiger partial charge in [-0.05, 0) is 98.9 Å². The molecule has 0 saturated heterocycles. The van der Waals surface area contributed by atoms with Gasteiger partial charge in [0.15, 0.2) is 0 Å². The average Bonchev–Trinajstić information content (AvgIpc) is 3.04. The topological polar surface area (TPSA) is 40.5 Å². The molecule has 0 heterocycles. The van der Waals surface area contributed by atoms with Crippen LogP contribution in [-0.4, -0.2) is 22.4 Å². The molecule has 0 aromatic heterocycles. The van der Waals surface area contributed by atoms with Gasteiger partial charge in [-0.1, -0.05) is 57.6 Å². The third-order valence-corrected chi connectivity index (χ3v) is 8.60. The molecule has 3 rings (SSSR count). The Bertz CT molecular complexity index is 643. The summed E-state index contributed by atoms with van der Waals surface area (Å²) >= 11 is 0. The van der Waals surface area contributed by atoms with Gasteiger partial charge in [0, 0.05) is 0 Å². The summed E-state index contributed by atoms with van der Waals surface area (Å²) in [5.41, 5.74) is 4.52. The maximum Gasteiger partial charge on any atom is 0.0583 e.